The van der Waals surface area contributed by atoms with Crippen LogP contribution in [0.4, 0.5) is 0 Å². The van der Waals surface area contributed by atoms with E-state index in [1.807, 2.05) is 7.05 Å². The van der Waals surface area contributed by atoms with Gasteiger partial charge in [0.1, 0.15) is 0 Å². The van der Waals surface area contributed by atoms with E-state index in [1.54, 1.807) is 0 Å². The van der Waals surface area contributed by atoms with Crippen molar-refractivity contribution in [3.63, 3.8) is 0 Å². The summed E-state index contributed by atoms with van der Waals surface area (Å²) < 4.78 is 1.17. The third-order valence-electron chi connectivity index (χ3n) is 2.52. The average molecular weight is 242 g/mol. The minimum Gasteiger partial charge on any atom is -0.311 e. The smallest absolute Gasteiger partial charge is 0.0375 e. The summed E-state index contributed by atoms with van der Waals surface area (Å²) in [6.07, 6.45) is 0. The molecule has 0 bridgehead atoms. The maximum atomic E-state index is 3.54. The lowest BCUT2D eigenvalue weighted by Gasteiger charge is -2.25. The van der Waals surface area contributed by atoms with Gasteiger partial charge in [0.2, 0.25) is 0 Å². The SMILES string of the molecule is CNC(C)(C)c1ccc(C)c(Br)c1. The van der Waals surface area contributed by atoms with Crippen LogP contribution in [0.3, 0.4) is 0 Å². The Balaban J connectivity index is 3.10. The van der Waals surface area contributed by atoms with Crippen molar-refractivity contribution in [2.45, 2.75) is 26.3 Å². The zero-order chi connectivity index (χ0) is 10.1. The first-order valence-corrected chi connectivity index (χ1v) is 5.22. The molecule has 72 valence electrons. The predicted molar refractivity (Wildman–Crippen MR) is 61.0 cm³/mol. The molecule has 1 N–H and O–H groups in total. The van der Waals surface area contributed by atoms with Crippen molar-refractivity contribution in [1.82, 2.24) is 5.32 Å². The maximum Gasteiger partial charge on any atom is 0.0375 e. The topological polar surface area (TPSA) is 12.0 Å². The molecule has 0 radical (unpaired) electrons. The molecule has 0 saturated heterocycles. The molecule has 1 aromatic carbocycles. The third kappa shape index (κ3) is 2.32. The monoisotopic (exact) mass is 241 g/mol. The van der Waals surface area contributed by atoms with Gasteiger partial charge in [0.15, 0.2) is 0 Å². The van der Waals surface area contributed by atoms with Gasteiger partial charge in [-0.15, -0.1) is 0 Å². The summed E-state index contributed by atoms with van der Waals surface area (Å²) in [5, 5.41) is 3.28. The fourth-order valence-corrected chi connectivity index (χ4v) is 1.50. The van der Waals surface area contributed by atoms with E-state index >= 15 is 0 Å². The second-order valence-corrected chi connectivity index (χ2v) is 4.69. The Hall–Kier alpha value is -0.340. The molecule has 0 aromatic heterocycles. The van der Waals surface area contributed by atoms with Crippen LogP contribution in [-0.4, -0.2) is 7.05 Å². The zero-order valence-electron chi connectivity index (χ0n) is 8.61. The van der Waals surface area contributed by atoms with Crippen LogP contribution in [0.2, 0.25) is 0 Å². The van der Waals surface area contributed by atoms with Gasteiger partial charge < -0.3 is 5.32 Å². The minimum absolute atomic E-state index is 0.0379. The van der Waals surface area contributed by atoms with E-state index in [2.05, 4.69) is 60.2 Å². The number of benzene rings is 1. The largest absolute Gasteiger partial charge is 0.311 e. The van der Waals surface area contributed by atoms with Crippen LogP contribution < -0.4 is 5.32 Å². The standard InChI is InChI=1S/C11H16BrN/c1-8-5-6-9(7-10(8)12)11(2,3)13-4/h5-7,13H,1-4H3. The zero-order valence-corrected chi connectivity index (χ0v) is 10.2. The molecule has 0 aliphatic carbocycles. The van der Waals surface area contributed by atoms with E-state index in [9.17, 15) is 0 Å². The summed E-state index contributed by atoms with van der Waals surface area (Å²) in [6.45, 7) is 6.44. The van der Waals surface area contributed by atoms with E-state index in [0.29, 0.717) is 0 Å². The molecule has 0 fully saturated rings. The van der Waals surface area contributed by atoms with E-state index < -0.39 is 0 Å². The number of aryl methyl sites for hydroxylation is 1. The Morgan fingerprint density at radius 2 is 1.92 bits per heavy atom. The molecule has 0 spiro atoms. The molecule has 0 atom stereocenters. The number of nitrogens with one attached hydrogen (secondary N) is 1. The van der Waals surface area contributed by atoms with Gasteiger partial charge >= 0.3 is 0 Å². The molecule has 1 nitrogen and oxygen atoms in total. The first kappa shape index (κ1) is 10.7. The van der Waals surface area contributed by atoms with Gasteiger partial charge in [0.05, 0.1) is 0 Å². The molecule has 0 saturated carbocycles. The quantitative estimate of drug-likeness (QED) is 0.839. The van der Waals surface area contributed by atoms with Crippen molar-refractivity contribution in [2.75, 3.05) is 7.05 Å². The number of hydrogen-bond acceptors (Lipinski definition) is 1. The van der Waals surface area contributed by atoms with E-state index in [4.69, 9.17) is 0 Å². The van der Waals surface area contributed by atoms with Gasteiger partial charge in [-0.2, -0.15) is 0 Å². The number of hydrogen-bond donors (Lipinski definition) is 1. The fourth-order valence-electron chi connectivity index (χ4n) is 1.13. The van der Waals surface area contributed by atoms with Gasteiger partial charge in [-0.3, -0.25) is 0 Å². The van der Waals surface area contributed by atoms with Crippen molar-refractivity contribution in [3.05, 3.63) is 33.8 Å². The Morgan fingerprint density at radius 1 is 1.31 bits per heavy atom. The minimum atomic E-state index is 0.0379. The number of rotatable bonds is 2. The van der Waals surface area contributed by atoms with Crippen molar-refractivity contribution >= 4 is 15.9 Å². The van der Waals surface area contributed by atoms with Gasteiger partial charge in [0.25, 0.3) is 0 Å². The maximum absolute atomic E-state index is 3.54. The first-order chi connectivity index (χ1) is 5.97. The van der Waals surface area contributed by atoms with E-state index in [-0.39, 0.29) is 5.54 Å². The molecule has 0 heterocycles. The Morgan fingerprint density at radius 3 is 2.38 bits per heavy atom. The van der Waals surface area contributed by atoms with Crippen molar-refractivity contribution < 1.29 is 0 Å². The highest BCUT2D eigenvalue weighted by atomic mass is 79.9. The van der Waals surface area contributed by atoms with Crippen molar-refractivity contribution in [1.29, 1.82) is 0 Å². The van der Waals surface area contributed by atoms with Crippen molar-refractivity contribution in [3.8, 4) is 0 Å². The summed E-state index contributed by atoms with van der Waals surface area (Å²) in [7, 11) is 1.98. The first-order valence-electron chi connectivity index (χ1n) is 4.43. The van der Waals surface area contributed by atoms with Crippen LogP contribution in [0, 0.1) is 6.92 Å². The third-order valence-corrected chi connectivity index (χ3v) is 3.37. The lowest BCUT2D eigenvalue weighted by atomic mass is 9.94. The highest BCUT2D eigenvalue weighted by Gasteiger charge is 2.17. The molecule has 1 aromatic rings. The summed E-state index contributed by atoms with van der Waals surface area (Å²) in [4.78, 5) is 0. The Kier molecular flexibility index (Phi) is 3.14. The molecule has 0 unspecified atom stereocenters. The molecule has 2 heteroatoms. The van der Waals surface area contributed by atoms with Gasteiger partial charge in [-0.05, 0) is 45.0 Å². The van der Waals surface area contributed by atoms with Crippen LogP contribution >= 0.6 is 15.9 Å². The highest BCUT2D eigenvalue weighted by molar-refractivity contribution is 9.10. The van der Waals surface area contributed by atoms with Crippen LogP contribution in [0.1, 0.15) is 25.0 Å². The highest BCUT2D eigenvalue weighted by Crippen LogP contribution is 2.25. The summed E-state index contributed by atoms with van der Waals surface area (Å²) in [5.74, 6) is 0. The van der Waals surface area contributed by atoms with Crippen LogP contribution in [-0.2, 0) is 5.54 Å². The van der Waals surface area contributed by atoms with Gasteiger partial charge in [-0.1, -0.05) is 28.1 Å². The molecular formula is C11H16BrN. The van der Waals surface area contributed by atoms with Gasteiger partial charge in [-0.25, -0.2) is 0 Å². The summed E-state index contributed by atoms with van der Waals surface area (Å²) in [6, 6.07) is 6.47. The van der Waals surface area contributed by atoms with E-state index in [1.165, 1.54) is 15.6 Å². The molecule has 0 aliphatic heterocycles. The van der Waals surface area contributed by atoms with Crippen LogP contribution in [0.15, 0.2) is 22.7 Å². The van der Waals surface area contributed by atoms with Gasteiger partial charge in [0, 0.05) is 10.0 Å². The van der Waals surface area contributed by atoms with E-state index in [0.717, 1.165) is 0 Å². The molecule has 13 heavy (non-hydrogen) atoms. The lowest BCUT2D eigenvalue weighted by molar-refractivity contribution is 0.444. The number of halogens is 1. The lowest BCUT2D eigenvalue weighted by Crippen LogP contribution is -2.33. The second-order valence-electron chi connectivity index (χ2n) is 3.84. The molecule has 0 amide bonds. The summed E-state index contributed by atoms with van der Waals surface area (Å²) in [5.41, 5.74) is 2.61. The van der Waals surface area contributed by atoms with Crippen molar-refractivity contribution in [2.24, 2.45) is 0 Å². The Labute approximate surface area is 88.7 Å². The second kappa shape index (κ2) is 3.81. The molecular weight excluding hydrogens is 226 g/mol. The predicted octanol–water partition coefficient (Wildman–Crippen LogP) is 3.21. The average Bonchev–Trinajstić information content (AvgIpc) is 2.09. The van der Waals surface area contributed by atoms with Crippen LogP contribution in [0.25, 0.3) is 0 Å². The normalized spacial score (nSPS) is 11.8. The van der Waals surface area contributed by atoms with Crippen LogP contribution in [0.5, 0.6) is 0 Å². The fraction of sp³-hybridized carbons (Fsp3) is 0.455. The molecule has 0 aliphatic rings. The molecule has 1 rings (SSSR count). The summed E-state index contributed by atoms with van der Waals surface area (Å²) >= 11 is 3.54. The Bertz CT molecular complexity index is 305.